The summed E-state index contributed by atoms with van der Waals surface area (Å²) in [6, 6.07) is 12.1. The van der Waals surface area contributed by atoms with Crippen molar-refractivity contribution in [3.63, 3.8) is 0 Å². The fraction of sp³-hybridized carbons (Fsp3) is 0.286. The van der Waals surface area contributed by atoms with E-state index in [0.29, 0.717) is 0 Å². The molecule has 0 aliphatic rings. The lowest BCUT2D eigenvalue weighted by Crippen LogP contribution is -2.23. The van der Waals surface area contributed by atoms with Gasteiger partial charge in [0, 0.05) is 18.4 Å². The monoisotopic (exact) mass is 227 g/mol. The molecule has 2 aromatic heterocycles. The first-order chi connectivity index (χ1) is 8.29. The summed E-state index contributed by atoms with van der Waals surface area (Å²) in [7, 11) is 0. The molecule has 88 valence electrons. The van der Waals surface area contributed by atoms with Crippen LogP contribution in [0.1, 0.15) is 18.3 Å². The molecule has 2 heterocycles. The van der Waals surface area contributed by atoms with Crippen LogP contribution in [0.15, 0.2) is 42.6 Å². The highest BCUT2D eigenvalue weighted by atomic mass is 15.2. The lowest BCUT2D eigenvalue weighted by molar-refractivity contribution is 0.791. The zero-order chi connectivity index (χ0) is 12.1. The third-order valence-electron chi connectivity index (χ3n) is 2.66. The van der Waals surface area contributed by atoms with Crippen LogP contribution in [0.3, 0.4) is 0 Å². The smallest absolute Gasteiger partial charge is 0.129 e. The van der Waals surface area contributed by atoms with Crippen molar-refractivity contribution in [2.75, 3.05) is 11.4 Å². The SMILES string of the molecule is CCN(Cc1ccccn1)c1cccc(C)n1. The van der Waals surface area contributed by atoms with Gasteiger partial charge in [-0.3, -0.25) is 4.98 Å². The number of aromatic nitrogens is 2. The third-order valence-corrected chi connectivity index (χ3v) is 2.66. The molecule has 2 rings (SSSR count). The number of nitrogens with zero attached hydrogens (tertiary/aromatic N) is 3. The summed E-state index contributed by atoms with van der Waals surface area (Å²) < 4.78 is 0. The van der Waals surface area contributed by atoms with Crippen molar-refractivity contribution in [1.29, 1.82) is 0 Å². The summed E-state index contributed by atoms with van der Waals surface area (Å²) in [6.07, 6.45) is 1.83. The molecule has 17 heavy (non-hydrogen) atoms. The second kappa shape index (κ2) is 5.43. The van der Waals surface area contributed by atoms with E-state index in [1.54, 1.807) is 0 Å². The zero-order valence-electron chi connectivity index (χ0n) is 10.3. The van der Waals surface area contributed by atoms with Gasteiger partial charge in [0.25, 0.3) is 0 Å². The van der Waals surface area contributed by atoms with Gasteiger partial charge in [-0.2, -0.15) is 0 Å². The van der Waals surface area contributed by atoms with Gasteiger partial charge in [0.1, 0.15) is 5.82 Å². The van der Waals surface area contributed by atoms with Crippen LogP contribution in [-0.2, 0) is 6.54 Å². The van der Waals surface area contributed by atoms with Gasteiger partial charge in [-0.15, -0.1) is 0 Å². The maximum absolute atomic E-state index is 4.54. The van der Waals surface area contributed by atoms with Crippen molar-refractivity contribution >= 4 is 5.82 Å². The lowest BCUT2D eigenvalue weighted by Gasteiger charge is -2.21. The van der Waals surface area contributed by atoms with Crippen LogP contribution in [0.4, 0.5) is 5.82 Å². The molecule has 0 aliphatic carbocycles. The Morgan fingerprint density at radius 3 is 2.65 bits per heavy atom. The second-order valence-electron chi connectivity index (χ2n) is 3.97. The van der Waals surface area contributed by atoms with Gasteiger partial charge in [-0.05, 0) is 38.1 Å². The molecule has 0 spiro atoms. The van der Waals surface area contributed by atoms with Crippen LogP contribution in [0, 0.1) is 6.92 Å². The summed E-state index contributed by atoms with van der Waals surface area (Å²) in [5.41, 5.74) is 2.11. The fourth-order valence-corrected chi connectivity index (χ4v) is 1.75. The summed E-state index contributed by atoms with van der Waals surface area (Å²) in [6.45, 7) is 5.87. The predicted molar refractivity (Wildman–Crippen MR) is 69.9 cm³/mol. The van der Waals surface area contributed by atoms with Crippen molar-refractivity contribution < 1.29 is 0 Å². The number of hydrogen-bond acceptors (Lipinski definition) is 3. The molecule has 0 N–H and O–H groups in total. The highest BCUT2D eigenvalue weighted by molar-refractivity contribution is 5.39. The number of anilines is 1. The summed E-state index contributed by atoms with van der Waals surface area (Å²) in [4.78, 5) is 11.1. The van der Waals surface area contributed by atoms with Crippen molar-refractivity contribution in [2.24, 2.45) is 0 Å². The molecule has 0 aromatic carbocycles. The Morgan fingerprint density at radius 1 is 1.12 bits per heavy atom. The van der Waals surface area contributed by atoms with E-state index < -0.39 is 0 Å². The van der Waals surface area contributed by atoms with Crippen LogP contribution in [0.2, 0.25) is 0 Å². The number of hydrogen-bond donors (Lipinski definition) is 0. The van der Waals surface area contributed by atoms with Gasteiger partial charge in [-0.1, -0.05) is 12.1 Å². The van der Waals surface area contributed by atoms with Gasteiger partial charge in [0.05, 0.1) is 12.2 Å². The first-order valence-electron chi connectivity index (χ1n) is 5.88. The predicted octanol–water partition coefficient (Wildman–Crippen LogP) is 2.81. The molecule has 0 bridgehead atoms. The van der Waals surface area contributed by atoms with E-state index in [9.17, 15) is 0 Å². The maximum atomic E-state index is 4.54. The van der Waals surface area contributed by atoms with Crippen LogP contribution in [-0.4, -0.2) is 16.5 Å². The van der Waals surface area contributed by atoms with Crippen LogP contribution >= 0.6 is 0 Å². The van der Waals surface area contributed by atoms with Crippen LogP contribution in [0.25, 0.3) is 0 Å². The van der Waals surface area contributed by atoms with Gasteiger partial charge in [0.15, 0.2) is 0 Å². The molecule has 0 saturated heterocycles. The summed E-state index contributed by atoms with van der Waals surface area (Å²) >= 11 is 0. The van der Waals surface area contributed by atoms with Gasteiger partial charge < -0.3 is 4.90 Å². The molecule has 0 fully saturated rings. The topological polar surface area (TPSA) is 29.0 Å². The van der Waals surface area contributed by atoms with Crippen molar-refractivity contribution in [3.8, 4) is 0 Å². The van der Waals surface area contributed by atoms with Crippen LogP contribution in [0.5, 0.6) is 0 Å². The standard InChI is InChI=1S/C14H17N3/c1-3-17(11-13-8-4-5-10-15-13)14-9-6-7-12(2)16-14/h4-10H,3,11H2,1-2H3. The first kappa shape index (κ1) is 11.6. The van der Waals surface area contributed by atoms with Crippen LogP contribution < -0.4 is 4.90 Å². The van der Waals surface area contributed by atoms with Gasteiger partial charge >= 0.3 is 0 Å². The number of aryl methyl sites for hydroxylation is 1. The molecular formula is C14H17N3. The van der Waals surface area contributed by atoms with Crippen molar-refractivity contribution in [2.45, 2.75) is 20.4 Å². The highest BCUT2D eigenvalue weighted by Crippen LogP contribution is 2.13. The largest absolute Gasteiger partial charge is 0.351 e. The average molecular weight is 227 g/mol. The summed E-state index contributed by atoms with van der Waals surface area (Å²) in [5.74, 6) is 1.01. The first-order valence-corrected chi connectivity index (χ1v) is 5.88. The molecule has 0 atom stereocenters. The Morgan fingerprint density at radius 2 is 2.00 bits per heavy atom. The molecule has 0 saturated carbocycles. The van der Waals surface area contributed by atoms with Gasteiger partial charge in [0.2, 0.25) is 0 Å². The normalized spacial score (nSPS) is 10.2. The Bertz CT molecular complexity index is 468. The minimum Gasteiger partial charge on any atom is -0.351 e. The van der Waals surface area contributed by atoms with E-state index in [1.165, 1.54) is 0 Å². The molecule has 3 heteroatoms. The van der Waals surface area contributed by atoms with E-state index in [1.807, 2.05) is 49.5 Å². The molecule has 0 amide bonds. The Hall–Kier alpha value is -1.90. The fourth-order valence-electron chi connectivity index (χ4n) is 1.75. The molecule has 3 nitrogen and oxygen atoms in total. The minimum atomic E-state index is 0.799. The maximum Gasteiger partial charge on any atom is 0.129 e. The van der Waals surface area contributed by atoms with Crippen molar-refractivity contribution in [3.05, 3.63) is 54.0 Å². The van der Waals surface area contributed by atoms with E-state index in [4.69, 9.17) is 0 Å². The minimum absolute atomic E-state index is 0.799. The quantitative estimate of drug-likeness (QED) is 0.804. The zero-order valence-corrected chi connectivity index (χ0v) is 10.3. The van der Waals surface area contributed by atoms with E-state index in [2.05, 4.69) is 21.8 Å². The van der Waals surface area contributed by atoms with E-state index in [-0.39, 0.29) is 0 Å². The Labute approximate surface area is 102 Å². The number of rotatable bonds is 4. The average Bonchev–Trinajstić information content (AvgIpc) is 2.37. The molecule has 0 radical (unpaired) electrons. The van der Waals surface area contributed by atoms with Crippen molar-refractivity contribution in [1.82, 2.24) is 9.97 Å². The molecule has 0 unspecified atom stereocenters. The molecule has 0 aliphatic heterocycles. The second-order valence-corrected chi connectivity index (χ2v) is 3.97. The Kier molecular flexibility index (Phi) is 3.70. The van der Waals surface area contributed by atoms with Gasteiger partial charge in [-0.25, -0.2) is 4.98 Å². The summed E-state index contributed by atoms with van der Waals surface area (Å²) in [5, 5.41) is 0. The number of pyridine rings is 2. The highest BCUT2D eigenvalue weighted by Gasteiger charge is 2.06. The molecule has 2 aromatic rings. The lowest BCUT2D eigenvalue weighted by atomic mass is 10.3. The van der Waals surface area contributed by atoms with E-state index >= 15 is 0 Å². The molecular weight excluding hydrogens is 210 g/mol. The third kappa shape index (κ3) is 3.03. The van der Waals surface area contributed by atoms with E-state index in [0.717, 1.165) is 30.3 Å². The Balaban J connectivity index is 2.17.